The van der Waals surface area contributed by atoms with Crippen molar-refractivity contribution >= 4 is 17.7 Å². The van der Waals surface area contributed by atoms with E-state index in [4.69, 9.17) is 4.74 Å². The molecule has 1 atom stereocenters. The van der Waals surface area contributed by atoms with Gasteiger partial charge in [0.1, 0.15) is 12.3 Å². The SMILES string of the molecule is O=C(NCc1ccccc1)/C(=C(\NCc1ccccc1)c1ccccc1)N1C(=O)OCC1c1ccccc1. The van der Waals surface area contributed by atoms with Crippen LogP contribution in [0.3, 0.4) is 0 Å². The minimum Gasteiger partial charge on any atom is -0.447 e. The van der Waals surface area contributed by atoms with Crippen LogP contribution in [0.4, 0.5) is 4.79 Å². The van der Waals surface area contributed by atoms with Crippen molar-refractivity contribution in [2.75, 3.05) is 6.61 Å². The van der Waals surface area contributed by atoms with Crippen molar-refractivity contribution in [3.63, 3.8) is 0 Å². The molecule has 4 aromatic carbocycles. The Morgan fingerprint density at radius 1 is 0.711 bits per heavy atom. The summed E-state index contributed by atoms with van der Waals surface area (Å²) in [6.07, 6.45) is -0.557. The topological polar surface area (TPSA) is 70.7 Å². The molecule has 0 aliphatic carbocycles. The van der Waals surface area contributed by atoms with Gasteiger partial charge in [0.25, 0.3) is 5.91 Å². The normalized spacial score (nSPS) is 15.4. The monoisotopic (exact) mass is 503 g/mol. The molecule has 1 saturated heterocycles. The number of hydrogen-bond acceptors (Lipinski definition) is 4. The molecular formula is C32H29N3O3. The van der Waals surface area contributed by atoms with Crippen LogP contribution in [0.1, 0.15) is 28.3 Å². The number of amides is 2. The van der Waals surface area contributed by atoms with E-state index in [1.54, 1.807) is 0 Å². The van der Waals surface area contributed by atoms with Gasteiger partial charge in [0.05, 0.1) is 11.7 Å². The van der Waals surface area contributed by atoms with Crippen LogP contribution in [0.2, 0.25) is 0 Å². The molecule has 190 valence electrons. The zero-order valence-corrected chi connectivity index (χ0v) is 20.9. The summed E-state index contributed by atoms with van der Waals surface area (Å²) >= 11 is 0. The third kappa shape index (κ3) is 5.76. The first kappa shape index (κ1) is 24.8. The van der Waals surface area contributed by atoms with Crippen molar-refractivity contribution in [1.82, 2.24) is 15.5 Å². The van der Waals surface area contributed by atoms with Crippen molar-refractivity contribution in [2.24, 2.45) is 0 Å². The summed E-state index contributed by atoms with van der Waals surface area (Å²) in [6.45, 7) is 0.946. The second-order valence-corrected chi connectivity index (χ2v) is 8.97. The highest BCUT2D eigenvalue weighted by atomic mass is 16.6. The lowest BCUT2D eigenvalue weighted by Crippen LogP contribution is -2.39. The molecule has 2 N–H and O–H groups in total. The van der Waals surface area contributed by atoms with Gasteiger partial charge >= 0.3 is 6.09 Å². The lowest BCUT2D eigenvalue weighted by molar-refractivity contribution is -0.119. The number of nitrogens with zero attached hydrogens (tertiary/aromatic N) is 1. The predicted octanol–water partition coefficient (Wildman–Crippen LogP) is 5.65. The number of rotatable bonds is 9. The Balaban J connectivity index is 1.60. The number of ether oxygens (including phenoxy) is 1. The van der Waals surface area contributed by atoms with Crippen LogP contribution < -0.4 is 10.6 Å². The highest BCUT2D eigenvalue weighted by Crippen LogP contribution is 2.34. The minimum absolute atomic E-state index is 0.152. The zero-order chi connectivity index (χ0) is 26.2. The fraction of sp³-hybridized carbons (Fsp3) is 0.125. The molecule has 1 aliphatic heterocycles. The lowest BCUT2D eigenvalue weighted by Gasteiger charge is -2.27. The van der Waals surface area contributed by atoms with E-state index in [-0.39, 0.29) is 18.2 Å². The van der Waals surface area contributed by atoms with Crippen LogP contribution in [0.5, 0.6) is 0 Å². The van der Waals surface area contributed by atoms with Gasteiger partial charge < -0.3 is 15.4 Å². The van der Waals surface area contributed by atoms with Crippen LogP contribution in [-0.4, -0.2) is 23.5 Å². The third-order valence-corrected chi connectivity index (χ3v) is 6.42. The molecule has 1 fully saturated rings. The predicted molar refractivity (Wildman–Crippen MR) is 147 cm³/mol. The van der Waals surface area contributed by atoms with Gasteiger partial charge in [-0.05, 0) is 22.3 Å². The Bertz CT molecular complexity index is 1390. The first-order valence-electron chi connectivity index (χ1n) is 12.6. The average Bonchev–Trinajstić information content (AvgIpc) is 3.36. The van der Waals surface area contributed by atoms with Gasteiger partial charge in [-0.25, -0.2) is 4.79 Å². The molecule has 4 aromatic rings. The third-order valence-electron chi connectivity index (χ3n) is 6.42. The largest absolute Gasteiger partial charge is 0.447 e. The van der Waals surface area contributed by atoms with Gasteiger partial charge in [-0.15, -0.1) is 0 Å². The highest BCUT2D eigenvalue weighted by Gasteiger charge is 2.41. The van der Waals surface area contributed by atoms with Crippen molar-refractivity contribution in [2.45, 2.75) is 19.1 Å². The molecule has 1 heterocycles. The Morgan fingerprint density at radius 2 is 1.21 bits per heavy atom. The second kappa shape index (κ2) is 11.9. The number of nitrogens with one attached hydrogen (secondary N) is 2. The van der Waals surface area contributed by atoms with Gasteiger partial charge in [0.2, 0.25) is 0 Å². The molecule has 2 amide bonds. The summed E-state index contributed by atoms with van der Waals surface area (Å²) in [7, 11) is 0. The molecule has 0 spiro atoms. The Hall–Kier alpha value is -4.84. The van der Waals surface area contributed by atoms with Gasteiger partial charge in [-0.1, -0.05) is 121 Å². The number of carbonyl (C=O) groups is 2. The molecule has 1 unspecified atom stereocenters. The summed E-state index contributed by atoms with van der Waals surface area (Å²) < 4.78 is 5.52. The molecule has 0 aromatic heterocycles. The molecule has 6 nitrogen and oxygen atoms in total. The zero-order valence-electron chi connectivity index (χ0n) is 20.9. The average molecular weight is 504 g/mol. The first-order valence-corrected chi connectivity index (χ1v) is 12.6. The molecule has 0 saturated carbocycles. The van der Waals surface area contributed by atoms with E-state index in [9.17, 15) is 9.59 Å². The Morgan fingerprint density at radius 3 is 1.79 bits per heavy atom. The van der Waals surface area contributed by atoms with E-state index in [0.717, 1.165) is 22.3 Å². The van der Waals surface area contributed by atoms with E-state index < -0.39 is 12.1 Å². The van der Waals surface area contributed by atoms with E-state index in [1.807, 2.05) is 121 Å². The second-order valence-electron chi connectivity index (χ2n) is 8.97. The van der Waals surface area contributed by atoms with E-state index in [0.29, 0.717) is 18.8 Å². The summed E-state index contributed by atoms with van der Waals surface area (Å²) in [5, 5.41) is 6.50. The molecule has 5 rings (SSSR count). The van der Waals surface area contributed by atoms with Crippen molar-refractivity contribution in [3.8, 4) is 0 Å². The van der Waals surface area contributed by atoms with Gasteiger partial charge in [0.15, 0.2) is 0 Å². The Labute approximate surface area is 222 Å². The number of hydrogen-bond donors (Lipinski definition) is 2. The van der Waals surface area contributed by atoms with Crippen LogP contribution in [-0.2, 0) is 22.6 Å². The maximum atomic E-state index is 14.0. The van der Waals surface area contributed by atoms with Crippen molar-refractivity contribution < 1.29 is 14.3 Å². The molecule has 0 bridgehead atoms. The van der Waals surface area contributed by atoms with Gasteiger partial charge in [0, 0.05) is 13.1 Å². The maximum absolute atomic E-state index is 14.0. The molecule has 38 heavy (non-hydrogen) atoms. The van der Waals surface area contributed by atoms with Crippen molar-refractivity contribution in [3.05, 3.63) is 149 Å². The fourth-order valence-corrected chi connectivity index (χ4v) is 4.51. The van der Waals surface area contributed by atoms with E-state index >= 15 is 0 Å². The fourth-order valence-electron chi connectivity index (χ4n) is 4.51. The highest BCUT2D eigenvalue weighted by molar-refractivity contribution is 6.03. The standard InChI is InChI=1S/C32H29N3O3/c36-31(34-22-25-15-7-2-8-16-25)30(35-28(23-38-32(35)37)26-17-9-3-10-18-26)29(27-19-11-4-12-20-27)33-21-24-13-5-1-6-14-24/h1-20,28,33H,21-23H2,(H,34,36)/b30-29+. The molecule has 1 aliphatic rings. The summed E-state index contributed by atoms with van der Waals surface area (Å²) in [4.78, 5) is 28.7. The molecular weight excluding hydrogens is 474 g/mol. The quantitative estimate of drug-likeness (QED) is 0.290. The van der Waals surface area contributed by atoms with Crippen LogP contribution in [0.25, 0.3) is 5.70 Å². The Kier molecular flexibility index (Phi) is 7.80. The lowest BCUT2D eigenvalue weighted by atomic mass is 10.0. The van der Waals surface area contributed by atoms with Gasteiger partial charge in [-0.2, -0.15) is 0 Å². The van der Waals surface area contributed by atoms with Crippen LogP contribution in [0.15, 0.2) is 127 Å². The summed E-state index contributed by atoms with van der Waals surface area (Å²) in [5.41, 5.74) is 4.47. The van der Waals surface area contributed by atoms with Gasteiger partial charge in [-0.3, -0.25) is 9.69 Å². The van der Waals surface area contributed by atoms with Crippen molar-refractivity contribution in [1.29, 1.82) is 0 Å². The van der Waals surface area contributed by atoms with Crippen LogP contribution >= 0.6 is 0 Å². The van der Waals surface area contributed by atoms with E-state index in [2.05, 4.69) is 10.6 Å². The maximum Gasteiger partial charge on any atom is 0.415 e. The minimum atomic E-state index is -0.557. The number of carbonyl (C=O) groups excluding carboxylic acids is 2. The number of cyclic esters (lactones) is 1. The number of benzene rings is 4. The molecule has 6 heteroatoms. The summed E-state index contributed by atoms with van der Waals surface area (Å²) in [6, 6.07) is 38.4. The summed E-state index contributed by atoms with van der Waals surface area (Å²) in [5.74, 6) is -0.368. The smallest absolute Gasteiger partial charge is 0.415 e. The first-order chi connectivity index (χ1) is 18.7. The van der Waals surface area contributed by atoms with Crippen LogP contribution in [0, 0.1) is 0 Å². The van der Waals surface area contributed by atoms with E-state index in [1.165, 1.54) is 4.90 Å². The molecule has 0 radical (unpaired) electrons.